The number of nitrogens with two attached hydrogens (primary N) is 1. The molecule has 2 nitrogen and oxygen atoms in total. The van der Waals surface area contributed by atoms with Crippen LogP contribution < -0.4 is 5.73 Å². The first-order valence-corrected chi connectivity index (χ1v) is 4.57. The molecule has 2 N–H and O–H groups in total. The average molecular weight is 228 g/mol. The molecule has 0 spiro atoms. The monoisotopic (exact) mass is 227 g/mol. The van der Waals surface area contributed by atoms with Gasteiger partial charge in [0, 0.05) is 15.6 Å². The van der Waals surface area contributed by atoms with E-state index in [0.717, 1.165) is 0 Å². The van der Waals surface area contributed by atoms with Gasteiger partial charge in [0.1, 0.15) is 0 Å². The summed E-state index contributed by atoms with van der Waals surface area (Å²) in [5, 5.41) is 1.03. The Hall–Kier alpha value is -1.17. The third kappa shape index (κ3) is 3.69. The third-order valence-corrected chi connectivity index (χ3v) is 1.79. The molecule has 0 bridgehead atoms. The minimum Gasteiger partial charge on any atom is -0.369 e. The van der Waals surface area contributed by atoms with Crippen LogP contribution >= 0.6 is 23.2 Å². The van der Waals surface area contributed by atoms with Crippen molar-refractivity contribution in [2.45, 2.75) is 6.42 Å². The van der Waals surface area contributed by atoms with Crippen molar-refractivity contribution < 1.29 is 4.79 Å². The fourth-order valence-electron chi connectivity index (χ4n) is 0.859. The van der Waals surface area contributed by atoms with Crippen LogP contribution in [0, 0.1) is 11.8 Å². The van der Waals surface area contributed by atoms with Gasteiger partial charge in [-0.2, -0.15) is 0 Å². The highest BCUT2D eigenvalue weighted by atomic mass is 35.5. The minimum absolute atomic E-state index is 0.0319. The number of rotatable bonds is 1. The molecule has 1 aromatic carbocycles. The van der Waals surface area contributed by atoms with E-state index in [0.29, 0.717) is 15.6 Å². The van der Waals surface area contributed by atoms with Gasteiger partial charge in [-0.15, -0.1) is 0 Å². The van der Waals surface area contributed by atoms with E-state index in [4.69, 9.17) is 28.9 Å². The molecule has 0 aromatic heterocycles. The maximum atomic E-state index is 10.4. The van der Waals surface area contributed by atoms with Crippen molar-refractivity contribution in [1.29, 1.82) is 0 Å². The Balaban J connectivity index is 2.84. The van der Waals surface area contributed by atoms with Crippen molar-refractivity contribution in [3.63, 3.8) is 0 Å². The van der Waals surface area contributed by atoms with Gasteiger partial charge in [0.05, 0.1) is 6.42 Å². The zero-order chi connectivity index (χ0) is 10.6. The van der Waals surface area contributed by atoms with Crippen LogP contribution in [0.15, 0.2) is 18.2 Å². The van der Waals surface area contributed by atoms with E-state index >= 15 is 0 Å². The van der Waals surface area contributed by atoms with E-state index in [-0.39, 0.29) is 6.42 Å². The lowest BCUT2D eigenvalue weighted by atomic mass is 10.2. The molecule has 1 rings (SSSR count). The zero-order valence-corrected chi connectivity index (χ0v) is 8.69. The molecule has 1 aromatic rings. The summed E-state index contributed by atoms with van der Waals surface area (Å²) in [5.41, 5.74) is 5.59. The molecular formula is C10H7Cl2NO. The van der Waals surface area contributed by atoms with Crippen LogP contribution in [0.2, 0.25) is 10.0 Å². The molecule has 0 radical (unpaired) electrons. The van der Waals surface area contributed by atoms with Crippen LogP contribution in [0.4, 0.5) is 0 Å². The molecule has 0 saturated carbocycles. The molecule has 0 aliphatic carbocycles. The van der Waals surface area contributed by atoms with Crippen LogP contribution in [-0.4, -0.2) is 5.91 Å². The van der Waals surface area contributed by atoms with E-state index in [9.17, 15) is 4.79 Å². The predicted molar refractivity (Wildman–Crippen MR) is 57.2 cm³/mol. The number of amides is 1. The summed E-state index contributed by atoms with van der Waals surface area (Å²) in [4.78, 5) is 10.4. The predicted octanol–water partition coefficient (Wildman–Crippen LogP) is 2.22. The van der Waals surface area contributed by atoms with Crippen molar-refractivity contribution >= 4 is 29.1 Å². The quantitative estimate of drug-likeness (QED) is 0.735. The standard InChI is InChI=1S/C10H7Cl2NO/c11-8-4-7(5-9(12)6-8)2-1-3-10(13)14/h4-6H,3H2,(H2,13,14). The number of halogens is 2. The fraction of sp³-hybridized carbons (Fsp3) is 0.100. The van der Waals surface area contributed by atoms with E-state index in [1.807, 2.05) is 0 Å². The van der Waals surface area contributed by atoms with Crippen LogP contribution in [0.1, 0.15) is 12.0 Å². The lowest BCUT2D eigenvalue weighted by molar-refractivity contribution is -0.117. The summed E-state index contributed by atoms with van der Waals surface area (Å²) in [7, 11) is 0. The van der Waals surface area contributed by atoms with E-state index in [1.54, 1.807) is 18.2 Å². The number of benzene rings is 1. The summed E-state index contributed by atoms with van der Waals surface area (Å²) < 4.78 is 0. The second-order valence-corrected chi connectivity index (χ2v) is 3.48. The number of carbonyl (C=O) groups is 1. The fourth-order valence-corrected chi connectivity index (χ4v) is 1.39. The topological polar surface area (TPSA) is 43.1 Å². The van der Waals surface area contributed by atoms with Gasteiger partial charge < -0.3 is 5.73 Å². The largest absolute Gasteiger partial charge is 0.369 e. The van der Waals surface area contributed by atoms with Crippen LogP contribution in [0.5, 0.6) is 0 Å². The summed E-state index contributed by atoms with van der Waals surface area (Å²) in [5.74, 6) is 4.90. The molecule has 0 heterocycles. The molecule has 0 aliphatic heterocycles. The van der Waals surface area contributed by atoms with Gasteiger partial charge in [-0.1, -0.05) is 35.0 Å². The molecular weight excluding hydrogens is 221 g/mol. The van der Waals surface area contributed by atoms with Gasteiger partial charge >= 0.3 is 0 Å². The molecule has 0 fully saturated rings. The summed E-state index contributed by atoms with van der Waals surface area (Å²) in [6.45, 7) is 0. The highest BCUT2D eigenvalue weighted by Crippen LogP contribution is 2.18. The van der Waals surface area contributed by atoms with Crippen molar-refractivity contribution in [3.8, 4) is 11.8 Å². The Morgan fingerprint density at radius 2 is 1.86 bits per heavy atom. The molecule has 0 atom stereocenters. The first-order valence-electron chi connectivity index (χ1n) is 3.81. The Kier molecular flexibility index (Phi) is 3.82. The molecule has 14 heavy (non-hydrogen) atoms. The number of hydrogen-bond acceptors (Lipinski definition) is 1. The van der Waals surface area contributed by atoms with Crippen molar-refractivity contribution in [1.82, 2.24) is 0 Å². The van der Waals surface area contributed by atoms with Crippen LogP contribution in [0.25, 0.3) is 0 Å². The molecule has 1 amide bonds. The molecule has 0 aliphatic rings. The lowest BCUT2D eigenvalue weighted by Crippen LogP contribution is -2.08. The van der Waals surface area contributed by atoms with E-state index in [1.165, 1.54) is 0 Å². The maximum Gasteiger partial charge on any atom is 0.229 e. The molecule has 0 unspecified atom stereocenters. The highest BCUT2D eigenvalue weighted by Gasteiger charge is 1.94. The van der Waals surface area contributed by atoms with Crippen molar-refractivity contribution in [3.05, 3.63) is 33.8 Å². The van der Waals surface area contributed by atoms with E-state index < -0.39 is 5.91 Å². The van der Waals surface area contributed by atoms with Gasteiger partial charge in [-0.05, 0) is 18.2 Å². The van der Waals surface area contributed by atoms with Crippen LogP contribution in [0.3, 0.4) is 0 Å². The van der Waals surface area contributed by atoms with Gasteiger partial charge in [0.15, 0.2) is 0 Å². The molecule has 0 saturated heterocycles. The SMILES string of the molecule is NC(=O)CC#Cc1cc(Cl)cc(Cl)c1. The number of hydrogen-bond donors (Lipinski definition) is 1. The Bertz CT molecular complexity index is 398. The van der Waals surface area contributed by atoms with E-state index in [2.05, 4.69) is 11.8 Å². The van der Waals surface area contributed by atoms with Gasteiger partial charge in [-0.3, -0.25) is 4.79 Å². The first-order chi connectivity index (χ1) is 6.58. The second kappa shape index (κ2) is 4.90. The summed E-state index contributed by atoms with van der Waals surface area (Å²) in [6, 6.07) is 4.95. The number of carbonyl (C=O) groups excluding carboxylic acids is 1. The maximum absolute atomic E-state index is 10.4. The second-order valence-electron chi connectivity index (χ2n) is 2.60. The smallest absolute Gasteiger partial charge is 0.229 e. The zero-order valence-electron chi connectivity index (χ0n) is 7.18. The highest BCUT2D eigenvalue weighted by molar-refractivity contribution is 6.34. The average Bonchev–Trinajstić information content (AvgIpc) is 2.01. The third-order valence-electron chi connectivity index (χ3n) is 1.36. The Morgan fingerprint density at radius 1 is 1.29 bits per heavy atom. The van der Waals surface area contributed by atoms with Gasteiger partial charge in [-0.25, -0.2) is 0 Å². The number of primary amides is 1. The van der Waals surface area contributed by atoms with Gasteiger partial charge in [0.25, 0.3) is 0 Å². The van der Waals surface area contributed by atoms with Crippen molar-refractivity contribution in [2.75, 3.05) is 0 Å². The normalized spacial score (nSPS) is 9.00. The van der Waals surface area contributed by atoms with Crippen LogP contribution in [-0.2, 0) is 4.79 Å². The Morgan fingerprint density at radius 3 is 2.36 bits per heavy atom. The van der Waals surface area contributed by atoms with Gasteiger partial charge in [0.2, 0.25) is 5.91 Å². The summed E-state index contributed by atoms with van der Waals surface area (Å²) in [6.07, 6.45) is 0.0319. The first kappa shape index (κ1) is 10.9. The molecule has 4 heteroatoms. The van der Waals surface area contributed by atoms with Crippen molar-refractivity contribution in [2.24, 2.45) is 5.73 Å². The Labute approximate surface area is 92.0 Å². The minimum atomic E-state index is -0.453. The summed E-state index contributed by atoms with van der Waals surface area (Å²) >= 11 is 11.5. The molecule has 72 valence electrons. The lowest BCUT2D eigenvalue weighted by Gasteiger charge is -1.94.